The number of nitrogens with zero attached hydrogens (tertiary/aromatic N) is 1. The highest BCUT2D eigenvalue weighted by molar-refractivity contribution is 5.93. The van der Waals surface area contributed by atoms with Crippen LogP contribution in [0.5, 0.6) is 0 Å². The first-order valence-corrected chi connectivity index (χ1v) is 5.64. The minimum absolute atomic E-state index is 0.0661. The first kappa shape index (κ1) is 10.9. The highest BCUT2D eigenvalue weighted by atomic mass is 16.2. The van der Waals surface area contributed by atoms with Crippen LogP contribution in [0.2, 0.25) is 0 Å². The number of carbonyl (C=O) groups is 1. The van der Waals surface area contributed by atoms with Gasteiger partial charge < -0.3 is 11.1 Å². The molecule has 4 heteroatoms. The number of hydrogen-bond donors (Lipinski definition) is 2. The molecule has 0 aliphatic heterocycles. The lowest BCUT2D eigenvalue weighted by Crippen LogP contribution is -2.43. The smallest absolute Gasteiger partial charge is 0.270 e. The molecule has 1 aliphatic carbocycles. The highest BCUT2D eigenvalue weighted by Gasteiger charge is 2.30. The maximum atomic E-state index is 11.9. The number of rotatable bonds is 2. The van der Waals surface area contributed by atoms with Crippen LogP contribution in [0.1, 0.15) is 43.1 Å². The monoisotopic (exact) mass is 219 g/mol. The van der Waals surface area contributed by atoms with Crippen molar-refractivity contribution in [1.82, 2.24) is 10.3 Å². The Morgan fingerprint density at radius 3 is 2.75 bits per heavy atom. The van der Waals surface area contributed by atoms with Crippen LogP contribution >= 0.6 is 0 Å². The van der Waals surface area contributed by atoms with Crippen molar-refractivity contribution in [1.29, 1.82) is 0 Å². The van der Waals surface area contributed by atoms with E-state index in [9.17, 15) is 4.79 Å². The van der Waals surface area contributed by atoms with Gasteiger partial charge in [0.2, 0.25) is 0 Å². The zero-order valence-corrected chi connectivity index (χ0v) is 9.49. The summed E-state index contributed by atoms with van der Waals surface area (Å²) >= 11 is 0. The van der Waals surface area contributed by atoms with Crippen molar-refractivity contribution < 1.29 is 4.79 Å². The average Bonchev–Trinajstić information content (AvgIpc) is 2.65. The number of aromatic nitrogens is 1. The van der Waals surface area contributed by atoms with Crippen LogP contribution in [-0.4, -0.2) is 16.4 Å². The zero-order valence-electron chi connectivity index (χ0n) is 9.49. The predicted octanol–water partition coefficient (Wildman–Crippen LogP) is 1.73. The molecule has 16 heavy (non-hydrogen) atoms. The van der Waals surface area contributed by atoms with Gasteiger partial charge in [0.05, 0.1) is 0 Å². The van der Waals surface area contributed by atoms with Gasteiger partial charge >= 0.3 is 0 Å². The molecule has 4 nitrogen and oxygen atoms in total. The molecule has 0 saturated heterocycles. The normalized spacial score (nSPS) is 18.3. The number of nitrogens with two attached hydrogens (primary N) is 1. The van der Waals surface area contributed by atoms with Crippen LogP contribution in [0.3, 0.4) is 0 Å². The van der Waals surface area contributed by atoms with Crippen LogP contribution in [0.25, 0.3) is 0 Å². The van der Waals surface area contributed by atoms with Crippen molar-refractivity contribution in [2.24, 2.45) is 0 Å². The van der Waals surface area contributed by atoms with E-state index >= 15 is 0 Å². The van der Waals surface area contributed by atoms with Crippen LogP contribution in [-0.2, 0) is 0 Å². The molecule has 0 unspecified atom stereocenters. The van der Waals surface area contributed by atoms with E-state index in [1.54, 1.807) is 18.2 Å². The summed E-state index contributed by atoms with van der Waals surface area (Å²) in [4.78, 5) is 15.9. The summed E-state index contributed by atoms with van der Waals surface area (Å²) in [5, 5.41) is 3.04. The van der Waals surface area contributed by atoms with Crippen molar-refractivity contribution >= 4 is 11.7 Å². The number of nitrogens with one attached hydrogen (secondary N) is 1. The van der Waals surface area contributed by atoms with Gasteiger partial charge in [-0.15, -0.1) is 0 Å². The molecular formula is C12H17N3O. The van der Waals surface area contributed by atoms with Gasteiger partial charge in [-0.3, -0.25) is 4.79 Å². The van der Waals surface area contributed by atoms with Crippen molar-refractivity contribution in [3.05, 3.63) is 23.9 Å². The molecule has 0 atom stereocenters. The van der Waals surface area contributed by atoms with Crippen LogP contribution in [0, 0.1) is 0 Å². The molecule has 1 fully saturated rings. The SMILES string of the molecule is CC1(NC(=O)c2cccc(N)n2)CCCC1. The number of amides is 1. The number of hydrogen-bond acceptors (Lipinski definition) is 3. The van der Waals surface area contributed by atoms with Gasteiger partial charge in [-0.2, -0.15) is 0 Å². The molecule has 1 aromatic rings. The van der Waals surface area contributed by atoms with E-state index in [4.69, 9.17) is 5.73 Å². The van der Waals surface area contributed by atoms with E-state index in [0.29, 0.717) is 11.5 Å². The molecule has 0 bridgehead atoms. The molecule has 1 amide bonds. The van der Waals surface area contributed by atoms with Crippen molar-refractivity contribution in [3.8, 4) is 0 Å². The van der Waals surface area contributed by atoms with Gasteiger partial charge in [0.25, 0.3) is 5.91 Å². The van der Waals surface area contributed by atoms with Crippen molar-refractivity contribution in [2.75, 3.05) is 5.73 Å². The number of anilines is 1. The van der Waals surface area contributed by atoms with Gasteiger partial charge in [0.15, 0.2) is 0 Å². The molecule has 1 aromatic heterocycles. The summed E-state index contributed by atoms with van der Waals surface area (Å²) in [5.41, 5.74) is 5.88. The Kier molecular flexibility index (Phi) is 2.81. The van der Waals surface area contributed by atoms with Crippen LogP contribution < -0.4 is 11.1 Å². The van der Waals surface area contributed by atoms with E-state index in [1.165, 1.54) is 12.8 Å². The Hall–Kier alpha value is -1.58. The molecule has 1 heterocycles. The largest absolute Gasteiger partial charge is 0.384 e. The Balaban J connectivity index is 2.08. The molecule has 3 N–H and O–H groups in total. The predicted molar refractivity (Wildman–Crippen MR) is 63.0 cm³/mol. The van der Waals surface area contributed by atoms with E-state index < -0.39 is 0 Å². The van der Waals surface area contributed by atoms with Crippen LogP contribution in [0.15, 0.2) is 18.2 Å². The zero-order chi connectivity index (χ0) is 11.6. The molecule has 1 aliphatic rings. The van der Waals surface area contributed by atoms with E-state index in [2.05, 4.69) is 17.2 Å². The van der Waals surface area contributed by atoms with Gasteiger partial charge in [0.1, 0.15) is 11.5 Å². The van der Waals surface area contributed by atoms with E-state index in [1.807, 2.05) is 0 Å². The highest BCUT2D eigenvalue weighted by Crippen LogP contribution is 2.29. The Labute approximate surface area is 95.3 Å². The van der Waals surface area contributed by atoms with E-state index in [-0.39, 0.29) is 11.4 Å². The molecule has 0 aromatic carbocycles. The molecular weight excluding hydrogens is 202 g/mol. The second-order valence-electron chi connectivity index (χ2n) is 4.67. The summed E-state index contributed by atoms with van der Waals surface area (Å²) in [6, 6.07) is 5.10. The van der Waals surface area contributed by atoms with Gasteiger partial charge in [0, 0.05) is 5.54 Å². The Morgan fingerprint density at radius 2 is 2.12 bits per heavy atom. The molecule has 0 radical (unpaired) electrons. The fraction of sp³-hybridized carbons (Fsp3) is 0.500. The lowest BCUT2D eigenvalue weighted by Gasteiger charge is -2.24. The lowest BCUT2D eigenvalue weighted by atomic mass is 10.0. The maximum Gasteiger partial charge on any atom is 0.270 e. The Morgan fingerprint density at radius 1 is 1.44 bits per heavy atom. The fourth-order valence-electron chi connectivity index (χ4n) is 2.20. The minimum Gasteiger partial charge on any atom is -0.384 e. The first-order valence-electron chi connectivity index (χ1n) is 5.64. The van der Waals surface area contributed by atoms with Crippen LogP contribution in [0.4, 0.5) is 5.82 Å². The van der Waals surface area contributed by atoms with Crippen molar-refractivity contribution in [3.63, 3.8) is 0 Å². The van der Waals surface area contributed by atoms with Crippen molar-refractivity contribution in [2.45, 2.75) is 38.1 Å². The summed E-state index contributed by atoms with van der Waals surface area (Å²) in [5.74, 6) is 0.251. The second-order valence-corrected chi connectivity index (χ2v) is 4.67. The fourth-order valence-corrected chi connectivity index (χ4v) is 2.20. The third-order valence-electron chi connectivity index (χ3n) is 3.13. The van der Waals surface area contributed by atoms with Gasteiger partial charge in [-0.25, -0.2) is 4.98 Å². The molecule has 0 spiro atoms. The van der Waals surface area contributed by atoms with Gasteiger partial charge in [-0.05, 0) is 31.9 Å². The average molecular weight is 219 g/mol. The van der Waals surface area contributed by atoms with E-state index in [0.717, 1.165) is 12.8 Å². The summed E-state index contributed by atoms with van der Waals surface area (Å²) < 4.78 is 0. The molecule has 86 valence electrons. The topological polar surface area (TPSA) is 68.0 Å². The summed E-state index contributed by atoms with van der Waals surface area (Å²) in [6.07, 6.45) is 4.45. The first-order chi connectivity index (χ1) is 7.59. The Bertz CT molecular complexity index is 397. The summed E-state index contributed by atoms with van der Waals surface area (Å²) in [6.45, 7) is 2.09. The maximum absolute atomic E-state index is 11.9. The summed E-state index contributed by atoms with van der Waals surface area (Å²) in [7, 11) is 0. The minimum atomic E-state index is -0.128. The molecule has 1 saturated carbocycles. The quantitative estimate of drug-likeness (QED) is 0.796. The molecule has 2 rings (SSSR count). The standard InChI is InChI=1S/C12H17N3O/c1-12(7-2-3-8-12)15-11(16)9-5-4-6-10(13)14-9/h4-6H,2-3,7-8H2,1H3,(H2,13,14)(H,15,16). The van der Waals surface area contributed by atoms with Gasteiger partial charge in [-0.1, -0.05) is 18.9 Å². The number of carbonyl (C=O) groups excluding carboxylic acids is 1. The number of nitrogen functional groups attached to an aromatic ring is 1. The second kappa shape index (κ2) is 4.12. The third-order valence-corrected chi connectivity index (χ3v) is 3.13. The number of pyridine rings is 1. The lowest BCUT2D eigenvalue weighted by molar-refractivity contribution is 0.0903. The third kappa shape index (κ3) is 2.32.